The van der Waals surface area contributed by atoms with E-state index in [9.17, 15) is 9.59 Å². The van der Waals surface area contributed by atoms with Crippen molar-refractivity contribution < 1.29 is 4.79 Å². The molecule has 3 N–H and O–H groups in total. The van der Waals surface area contributed by atoms with Gasteiger partial charge in [0, 0.05) is 31.0 Å². The molecule has 0 aromatic carbocycles. The minimum absolute atomic E-state index is 0.0453. The fourth-order valence-electron chi connectivity index (χ4n) is 1.67. The predicted molar refractivity (Wildman–Crippen MR) is 73.2 cm³/mol. The number of carbonyl (C=O) groups is 1. The van der Waals surface area contributed by atoms with Gasteiger partial charge in [0.1, 0.15) is 11.6 Å². The van der Waals surface area contributed by atoms with Gasteiger partial charge in [0.05, 0.1) is 0 Å². The first kappa shape index (κ1) is 13.6. The smallest absolute Gasteiger partial charge is 0.252 e. The highest BCUT2D eigenvalue weighted by Gasteiger charge is 2.22. The van der Waals surface area contributed by atoms with Gasteiger partial charge in [-0.25, -0.2) is 4.98 Å². The lowest BCUT2D eigenvalue weighted by atomic mass is 10.2. The van der Waals surface area contributed by atoms with E-state index in [0.717, 1.165) is 12.8 Å². The molecule has 0 bridgehead atoms. The Labute approximate surface area is 112 Å². The van der Waals surface area contributed by atoms with Crippen molar-refractivity contribution in [2.45, 2.75) is 45.1 Å². The van der Waals surface area contributed by atoms with E-state index in [1.54, 1.807) is 0 Å². The van der Waals surface area contributed by atoms with E-state index in [-0.39, 0.29) is 17.4 Å². The van der Waals surface area contributed by atoms with Crippen molar-refractivity contribution in [3.8, 4) is 0 Å². The molecule has 0 radical (unpaired) electrons. The lowest BCUT2D eigenvalue weighted by Crippen LogP contribution is -2.27. The van der Waals surface area contributed by atoms with Crippen molar-refractivity contribution in [1.29, 1.82) is 0 Å². The van der Waals surface area contributed by atoms with Crippen molar-refractivity contribution in [2.24, 2.45) is 0 Å². The number of hydrogen-bond acceptors (Lipinski definition) is 4. The molecule has 1 aliphatic carbocycles. The molecule has 0 saturated heterocycles. The highest BCUT2D eigenvalue weighted by molar-refractivity contribution is 5.77. The van der Waals surface area contributed by atoms with Crippen molar-refractivity contribution in [3.05, 3.63) is 22.2 Å². The second-order valence-electron chi connectivity index (χ2n) is 5.19. The third-order valence-corrected chi connectivity index (χ3v) is 2.91. The first-order valence-corrected chi connectivity index (χ1v) is 6.69. The number of aromatic amines is 1. The van der Waals surface area contributed by atoms with Crippen LogP contribution < -0.4 is 16.2 Å². The molecule has 1 aliphatic rings. The van der Waals surface area contributed by atoms with Crippen LogP contribution in [0.3, 0.4) is 0 Å². The summed E-state index contributed by atoms with van der Waals surface area (Å²) in [4.78, 5) is 29.9. The highest BCUT2D eigenvalue weighted by Crippen LogP contribution is 2.18. The molecule has 0 aliphatic heterocycles. The van der Waals surface area contributed by atoms with Gasteiger partial charge in [-0.1, -0.05) is 13.8 Å². The van der Waals surface area contributed by atoms with E-state index in [4.69, 9.17) is 0 Å². The topological polar surface area (TPSA) is 86.9 Å². The predicted octanol–water partition coefficient (Wildman–Crippen LogP) is 0.974. The van der Waals surface area contributed by atoms with Gasteiger partial charge in [0.2, 0.25) is 5.91 Å². The van der Waals surface area contributed by atoms with Crippen molar-refractivity contribution >= 4 is 11.7 Å². The van der Waals surface area contributed by atoms with Crippen LogP contribution in [0.15, 0.2) is 10.9 Å². The molecule has 1 fully saturated rings. The zero-order chi connectivity index (χ0) is 13.8. The Bertz CT molecular complexity index is 506. The Balaban J connectivity index is 1.84. The second-order valence-corrected chi connectivity index (χ2v) is 5.19. The molecule has 2 rings (SSSR count). The van der Waals surface area contributed by atoms with Gasteiger partial charge < -0.3 is 15.6 Å². The van der Waals surface area contributed by atoms with Crippen LogP contribution in [0.1, 0.15) is 44.9 Å². The molecule has 0 unspecified atom stereocenters. The van der Waals surface area contributed by atoms with Crippen molar-refractivity contribution in [1.82, 2.24) is 15.3 Å². The maximum Gasteiger partial charge on any atom is 0.252 e. The van der Waals surface area contributed by atoms with Crippen LogP contribution in [0.5, 0.6) is 0 Å². The fourth-order valence-corrected chi connectivity index (χ4v) is 1.67. The average Bonchev–Trinajstić information content (AvgIpc) is 3.12. The highest BCUT2D eigenvalue weighted by atomic mass is 16.1. The molecule has 19 heavy (non-hydrogen) atoms. The molecule has 1 amide bonds. The molecule has 1 saturated carbocycles. The zero-order valence-electron chi connectivity index (χ0n) is 11.3. The lowest BCUT2D eigenvalue weighted by molar-refractivity contribution is -0.120. The Hall–Kier alpha value is -1.85. The van der Waals surface area contributed by atoms with Gasteiger partial charge in [-0.15, -0.1) is 0 Å². The number of aromatic nitrogens is 2. The van der Waals surface area contributed by atoms with E-state index >= 15 is 0 Å². The van der Waals surface area contributed by atoms with Crippen LogP contribution in [-0.2, 0) is 4.79 Å². The molecule has 6 nitrogen and oxygen atoms in total. The molecule has 1 aromatic rings. The van der Waals surface area contributed by atoms with Gasteiger partial charge in [0.25, 0.3) is 5.56 Å². The number of H-pyrrole nitrogens is 1. The Morgan fingerprint density at radius 1 is 1.53 bits per heavy atom. The largest absolute Gasteiger partial charge is 0.369 e. The van der Waals surface area contributed by atoms with E-state index in [1.165, 1.54) is 6.07 Å². The van der Waals surface area contributed by atoms with Crippen LogP contribution in [-0.4, -0.2) is 28.5 Å². The normalized spacial score (nSPS) is 14.5. The maximum atomic E-state index is 11.5. The van der Waals surface area contributed by atoms with Gasteiger partial charge in [-0.3, -0.25) is 9.59 Å². The molecule has 0 spiro atoms. The van der Waals surface area contributed by atoms with Crippen LogP contribution >= 0.6 is 0 Å². The summed E-state index contributed by atoms with van der Waals surface area (Å²) in [7, 11) is 0. The average molecular weight is 264 g/mol. The van der Waals surface area contributed by atoms with Crippen molar-refractivity contribution in [2.75, 3.05) is 11.9 Å². The Morgan fingerprint density at radius 2 is 2.26 bits per heavy atom. The summed E-state index contributed by atoms with van der Waals surface area (Å²) >= 11 is 0. The molecule has 6 heteroatoms. The number of hydrogen-bond donors (Lipinski definition) is 3. The molecular formula is C13H20N4O2. The SMILES string of the molecule is CC(C)c1nc(NCCC(=O)NC2CC2)cc(=O)[nH]1. The zero-order valence-corrected chi connectivity index (χ0v) is 11.3. The standard InChI is InChI=1S/C13H20N4O2/c1-8(2)13-16-10(7-12(19)17-13)14-6-5-11(18)15-9-3-4-9/h7-9H,3-6H2,1-2H3,(H,15,18)(H2,14,16,17,19). The Kier molecular flexibility index (Phi) is 4.19. The van der Waals surface area contributed by atoms with E-state index in [1.807, 2.05) is 13.8 Å². The summed E-state index contributed by atoms with van der Waals surface area (Å²) in [6.45, 7) is 4.41. The maximum absolute atomic E-state index is 11.5. The summed E-state index contributed by atoms with van der Waals surface area (Å²) in [6, 6.07) is 1.79. The second kappa shape index (κ2) is 5.86. The van der Waals surface area contributed by atoms with Crippen LogP contribution in [0.25, 0.3) is 0 Å². The lowest BCUT2D eigenvalue weighted by Gasteiger charge is -2.09. The van der Waals surface area contributed by atoms with Crippen LogP contribution in [0.2, 0.25) is 0 Å². The number of rotatable bonds is 6. The first-order chi connectivity index (χ1) is 9.04. The molecule has 1 heterocycles. The monoisotopic (exact) mass is 264 g/mol. The fraction of sp³-hybridized carbons (Fsp3) is 0.615. The van der Waals surface area contributed by atoms with E-state index < -0.39 is 0 Å². The number of anilines is 1. The number of nitrogens with one attached hydrogen (secondary N) is 3. The third kappa shape index (κ3) is 4.39. The number of amides is 1. The van der Waals surface area contributed by atoms with Gasteiger partial charge in [-0.05, 0) is 12.8 Å². The molecule has 104 valence electrons. The van der Waals surface area contributed by atoms with Crippen LogP contribution in [0, 0.1) is 0 Å². The van der Waals surface area contributed by atoms with E-state index in [0.29, 0.717) is 30.6 Å². The minimum atomic E-state index is -0.177. The van der Waals surface area contributed by atoms with Gasteiger partial charge in [-0.2, -0.15) is 0 Å². The summed E-state index contributed by atoms with van der Waals surface area (Å²) in [5, 5.41) is 5.93. The number of nitrogens with zero attached hydrogens (tertiary/aromatic N) is 1. The number of carbonyl (C=O) groups excluding carboxylic acids is 1. The first-order valence-electron chi connectivity index (χ1n) is 6.69. The van der Waals surface area contributed by atoms with Gasteiger partial charge in [0.15, 0.2) is 0 Å². The summed E-state index contributed by atoms with van der Waals surface area (Å²) in [5.74, 6) is 1.38. The summed E-state index contributed by atoms with van der Waals surface area (Å²) < 4.78 is 0. The van der Waals surface area contributed by atoms with Crippen molar-refractivity contribution in [3.63, 3.8) is 0 Å². The third-order valence-electron chi connectivity index (χ3n) is 2.91. The van der Waals surface area contributed by atoms with Crippen LogP contribution in [0.4, 0.5) is 5.82 Å². The molecule has 0 atom stereocenters. The van der Waals surface area contributed by atoms with Gasteiger partial charge >= 0.3 is 0 Å². The quantitative estimate of drug-likeness (QED) is 0.714. The Morgan fingerprint density at radius 3 is 2.89 bits per heavy atom. The minimum Gasteiger partial charge on any atom is -0.369 e. The molecule has 1 aromatic heterocycles. The summed E-state index contributed by atoms with van der Waals surface area (Å²) in [5.41, 5.74) is -0.177. The molecular weight excluding hydrogens is 244 g/mol. The summed E-state index contributed by atoms with van der Waals surface area (Å²) in [6.07, 6.45) is 2.57. The van der Waals surface area contributed by atoms with E-state index in [2.05, 4.69) is 20.6 Å².